The minimum Gasteiger partial charge on any atom is -0.506 e. The molecule has 1 rings (SSSR count). The van der Waals surface area contributed by atoms with Crippen LogP contribution in [0, 0.1) is 0 Å². The Hall–Kier alpha value is -0.390. The van der Waals surface area contributed by atoms with Gasteiger partial charge in [0.25, 0.3) is 0 Å². The average molecular weight is 164 g/mol. The van der Waals surface area contributed by atoms with Gasteiger partial charge in [-0.3, -0.25) is 0 Å². The van der Waals surface area contributed by atoms with E-state index in [4.69, 9.17) is 9.66 Å². The third-order valence-electron chi connectivity index (χ3n) is 0.769. The predicted molar refractivity (Wildman–Crippen MR) is 35.0 cm³/mol. The number of hydrogen-bond acceptors (Lipinski definition) is 3. The number of thiophene rings is 1. The Kier molecular flexibility index (Phi) is 1.84. The van der Waals surface area contributed by atoms with Crippen LogP contribution in [0.1, 0.15) is 0 Å². The molecule has 9 heavy (non-hydrogen) atoms. The summed E-state index contributed by atoms with van der Waals surface area (Å²) in [4.78, 5) is 0. The molecule has 3 nitrogen and oxygen atoms in total. The van der Waals surface area contributed by atoms with Gasteiger partial charge < -0.3 is 9.66 Å². The number of rotatable bonds is 1. The van der Waals surface area contributed by atoms with Gasteiger partial charge in [0, 0.05) is 0 Å². The van der Waals surface area contributed by atoms with Crippen LogP contribution in [-0.2, 0) is 11.1 Å². The maximum absolute atomic E-state index is 10.2. The SMILES string of the molecule is O=S(O)c1sccc1O. The van der Waals surface area contributed by atoms with Crippen molar-refractivity contribution >= 4 is 22.4 Å². The summed E-state index contributed by atoms with van der Waals surface area (Å²) in [5.74, 6) is -0.110. The lowest BCUT2D eigenvalue weighted by Crippen LogP contribution is -1.81. The van der Waals surface area contributed by atoms with E-state index >= 15 is 0 Å². The Balaban J connectivity index is 3.08. The summed E-state index contributed by atoms with van der Waals surface area (Å²) >= 11 is -0.983. The van der Waals surface area contributed by atoms with Crippen LogP contribution in [-0.4, -0.2) is 13.9 Å². The highest BCUT2D eigenvalue weighted by Crippen LogP contribution is 2.25. The van der Waals surface area contributed by atoms with E-state index in [0.717, 1.165) is 11.3 Å². The molecule has 50 valence electrons. The van der Waals surface area contributed by atoms with E-state index in [9.17, 15) is 4.21 Å². The fraction of sp³-hybridized carbons (Fsp3) is 0. The van der Waals surface area contributed by atoms with Crippen LogP contribution in [0.4, 0.5) is 0 Å². The highest BCUT2D eigenvalue weighted by atomic mass is 32.2. The van der Waals surface area contributed by atoms with Crippen molar-refractivity contribution in [3.05, 3.63) is 11.4 Å². The van der Waals surface area contributed by atoms with Gasteiger partial charge in [-0.05, 0) is 11.4 Å². The van der Waals surface area contributed by atoms with Crippen molar-refractivity contribution in [2.75, 3.05) is 0 Å². The third-order valence-corrected chi connectivity index (χ3v) is 2.71. The van der Waals surface area contributed by atoms with E-state index < -0.39 is 11.1 Å². The lowest BCUT2D eigenvalue weighted by Gasteiger charge is -1.86. The molecule has 0 saturated carbocycles. The van der Waals surface area contributed by atoms with Crippen LogP contribution in [0.3, 0.4) is 0 Å². The first kappa shape index (κ1) is 6.73. The summed E-state index contributed by atoms with van der Waals surface area (Å²) in [6.45, 7) is 0. The van der Waals surface area contributed by atoms with Crippen molar-refractivity contribution in [1.82, 2.24) is 0 Å². The molecule has 0 aliphatic rings. The standard InChI is InChI=1S/C4H4O3S2/c5-3-1-2-8-4(3)9(6)7/h1-2,5H,(H,6,7). The molecule has 1 atom stereocenters. The molecule has 1 heterocycles. The summed E-state index contributed by atoms with van der Waals surface area (Å²) in [6.07, 6.45) is 0. The fourth-order valence-corrected chi connectivity index (χ4v) is 1.67. The Morgan fingerprint density at radius 1 is 1.67 bits per heavy atom. The van der Waals surface area contributed by atoms with E-state index in [-0.39, 0.29) is 9.96 Å². The summed E-state index contributed by atoms with van der Waals surface area (Å²) in [5.41, 5.74) is 0. The zero-order valence-corrected chi connectivity index (χ0v) is 5.91. The first-order valence-corrected chi connectivity index (χ1v) is 4.08. The Morgan fingerprint density at radius 3 is 2.56 bits per heavy atom. The summed E-state index contributed by atoms with van der Waals surface area (Å²) in [7, 11) is 0. The molecular formula is C4H4O3S2. The van der Waals surface area contributed by atoms with Gasteiger partial charge in [0.05, 0.1) is 0 Å². The molecule has 0 saturated heterocycles. The molecule has 0 amide bonds. The van der Waals surface area contributed by atoms with Gasteiger partial charge in [-0.2, -0.15) is 0 Å². The van der Waals surface area contributed by atoms with Gasteiger partial charge in [-0.15, -0.1) is 11.3 Å². The maximum Gasteiger partial charge on any atom is 0.200 e. The van der Waals surface area contributed by atoms with E-state index in [2.05, 4.69) is 0 Å². The lowest BCUT2D eigenvalue weighted by molar-refractivity contribution is 0.462. The average Bonchev–Trinajstić information content (AvgIpc) is 2.13. The van der Waals surface area contributed by atoms with Gasteiger partial charge in [0.1, 0.15) is 5.75 Å². The van der Waals surface area contributed by atoms with Crippen LogP contribution >= 0.6 is 11.3 Å². The molecule has 0 spiro atoms. The summed E-state index contributed by atoms with van der Waals surface area (Å²) in [5, 5.41) is 10.3. The molecule has 0 aliphatic heterocycles. The van der Waals surface area contributed by atoms with Gasteiger partial charge >= 0.3 is 0 Å². The van der Waals surface area contributed by atoms with E-state index in [1.807, 2.05) is 0 Å². The maximum atomic E-state index is 10.2. The lowest BCUT2D eigenvalue weighted by atomic mass is 10.6. The molecule has 0 aromatic carbocycles. The quantitative estimate of drug-likeness (QED) is 0.609. The highest BCUT2D eigenvalue weighted by molar-refractivity contribution is 7.81. The Morgan fingerprint density at radius 2 is 2.33 bits per heavy atom. The van der Waals surface area contributed by atoms with E-state index in [1.165, 1.54) is 6.07 Å². The van der Waals surface area contributed by atoms with Gasteiger partial charge in [0.2, 0.25) is 11.1 Å². The smallest absolute Gasteiger partial charge is 0.200 e. The normalized spacial score (nSPS) is 13.4. The van der Waals surface area contributed by atoms with Crippen molar-refractivity contribution in [2.24, 2.45) is 0 Å². The number of hydrogen-bond donors (Lipinski definition) is 2. The van der Waals surface area contributed by atoms with Crippen LogP contribution in [0.5, 0.6) is 5.75 Å². The molecule has 1 unspecified atom stereocenters. The number of aromatic hydroxyl groups is 1. The minimum atomic E-state index is -2.04. The second-order valence-electron chi connectivity index (χ2n) is 1.34. The fourth-order valence-electron chi connectivity index (χ4n) is 0.419. The van der Waals surface area contributed by atoms with Gasteiger partial charge in [0.15, 0.2) is 4.21 Å². The molecule has 1 aromatic rings. The summed E-state index contributed by atoms with van der Waals surface area (Å²) in [6, 6.07) is 1.38. The van der Waals surface area contributed by atoms with Crippen LogP contribution in [0.25, 0.3) is 0 Å². The zero-order valence-electron chi connectivity index (χ0n) is 4.27. The topological polar surface area (TPSA) is 57.5 Å². The Bertz CT molecular complexity index is 229. The Labute approximate surface area is 58.2 Å². The molecule has 2 N–H and O–H groups in total. The molecule has 5 heteroatoms. The van der Waals surface area contributed by atoms with Crippen molar-refractivity contribution < 1.29 is 13.9 Å². The van der Waals surface area contributed by atoms with Gasteiger partial charge in [-0.25, -0.2) is 4.21 Å². The molecule has 0 aliphatic carbocycles. The summed E-state index contributed by atoms with van der Waals surface area (Å²) < 4.78 is 18.8. The zero-order chi connectivity index (χ0) is 6.85. The molecule has 0 radical (unpaired) electrons. The second-order valence-corrected chi connectivity index (χ2v) is 3.42. The largest absolute Gasteiger partial charge is 0.506 e. The monoisotopic (exact) mass is 164 g/mol. The van der Waals surface area contributed by atoms with Crippen molar-refractivity contribution in [3.63, 3.8) is 0 Å². The van der Waals surface area contributed by atoms with E-state index in [1.54, 1.807) is 5.38 Å². The van der Waals surface area contributed by atoms with Crippen LogP contribution in [0.15, 0.2) is 15.7 Å². The predicted octanol–water partition coefficient (Wildman–Crippen LogP) is 1.03. The first-order valence-electron chi connectivity index (χ1n) is 2.09. The minimum absolute atomic E-state index is 0.106. The van der Waals surface area contributed by atoms with Crippen molar-refractivity contribution in [3.8, 4) is 5.75 Å². The second kappa shape index (κ2) is 2.47. The van der Waals surface area contributed by atoms with Gasteiger partial charge in [-0.1, -0.05) is 0 Å². The molecule has 1 aromatic heterocycles. The molecule has 0 fully saturated rings. The third kappa shape index (κ3) is 1.29. The van der Waals surface area contributed by atoms with Crippen LogP contribution < -0.4 is 0 Å². The highest BCUT2D eigenvalue weighted by Gasteiger charge is 2.06. The van der Waals surface area contributed by atoms with Crippen LogP contribution in [0.2, 0.25) is 0 Å². The van der Waals surface area contributed by atoms with Crippen molar-refractivity contribution in [1.29, 1.82) is 0 Å². The molecular weight excluding hydrogens is 160 g/mol. The van der Waals surface area contributed by atoms with Crippen molar-refractivity contribution in [2.45, 2.75) is 4.21 Å². The first-order chi connectivity index (χ1) is 4.22. The molecule has 0 bridgehead atoms. The van der Waals surface area contributed by atoms with E-state index in [0.29, 0.717) is 0 Å².